The highest BCUT2D eigenvalue weighted by Gasteiger charge is 2.61. The highest BCUT2D eigenvalue weighted by Crippen LogP contribution is 2.60. The van der Waals surface area contributed by atoms with Crippen LogP contribution in [0.5, 0.6) is 0 Å². The zero-order valence-electron chi connectivity index (χ0n) is 48.9. The number of likely N-dealkylation sites (tertiary alicyclic amines) is 2. The summed E-state index contributed by atoms with van der Waals surface area (Å²) in [5.74, 6) is -0.173. The molecular weight excluding hydrogens is 1060 g/mol. The number of methoxy groups -OCH3 is 1. The van der Waals surface area contributed by atoms with Gasteiger partial charge < -0.3 is 34.1 Å². The molecule has 8 heterocycles. The molecule has 0 radical (unpaired) electrons. The Balaban J connectivity index is 0.837. The average Bonchev–Trinajstić information content (AvgIpc) is 4.36. The summed E-state index contributed by atoms with van der Waals surface area (Å²) in [5.41, 5.74) is 7.93. The average molecular weight is 1140 g/mol. The Bertz CT molecular complexity index is 3160. The summed E-state index contributed by atoms with van der Waals surface area (Å²) in [6.07, 6.45) is 12.7. The molecule has 4 amide bonds. The van der Waals surface area contributed by atoms with Gasteiger partial charge in [-0.2, -0.15) is 0 Å². The first-order valence-corrected chi connectivity index (χ1v) is 31.9. The van der Waals surface area contributed by atoms with Crippen molar-refractivity contribution in [2.24, 2.45) is 40.4 Å². The predicted octanol–water partition coefficient (Wildman–Crippen LogP) is 7.93. The number of amides is 4. The van der Waals surface area contributed by atoms with E-state index in [4.69, 9.17) is 19.4 Å². The number of aryl methyl sites for hydroxylation is 1. The molecule has 8 atom stereocenters. The monoisotopic (exact) mass is 1140 g/mol. The number of fused-ring (bicyclic) bond motifs is 6. The number of anilines is 1. The van der Waals surface area contributed by atoms with Gasteiger partial charge in [-0.1, -0.05) is 40.5 Å². The molecule has 440 valence electrons. The van der Waals surface area contributed by atoms with Gasteiger partial charge in [-0.05, 0) is 125 Å². The molecular formula is C63H83FN10O7S. The van der Waals surface area contributed by atoms with Gasteiger partial charge in [0.25, 0.3) is 5.91 Å². The number of halogens is 1. The van der Waals surface area contributed by atoms with Gasteiger partial charge in [0.05, 0.1) is 52.1 Å². The highest BCUT2D eigenvalue weighted by molar-refractivity contribution is 7.10. The number of hydrazine groups is 1. The number of hydrogen-bond donors (Lipinski definition) is 2. The second kappa shape index (κ2) is 21.8. The van der Waals surface area contributed by atoms with Crippen LogP contribution in [0.25, 0.3) is 33.4 Å². The number of nitrogens with zero attached hydrogens (tertiary/aromatic N) is 8. The second-order valence-electron chi connectivity index (χ2n) is 26.7. The molecule has 1 spiro atoms. The Morgan fingerprint density at radius 1 is 0.939 bits per heavy atom. The molecule has 2 N–H and O–H groups in total. The van der Waals surface area contributed by atoms with E-state index >= 15 is 14.0 Å². The number of esters is 1. The molecule has 6 bridgehead atoms. The Morgan fingerprint density at radius 2 is 1.71 bits per heavy atom. The number of carbonyl (C=O) groups is 5. The largest absolute Gasteiger partial charge is 0.464 e. The lowest BCUT2D eigenvalue weighted by Gasteiger charge is -2.37. The molecule has 4 saturated carbocycles. The number of piperazine rings is 1. The first-order chi connectivity index (χ1) is 39.5. The molecule has 4 aliphatic carbocycles. The summed E-state index contributed by atoms with van der Waals surface area (Å²) in [5, 5.41) is 7.73. The van der Waals surface area contributed by atoms with Gasteiger partial charge in [0.2, 0.25) is 17.7 Å². The van der Waals surface area contributed by atoms with Crippen LogP contribution in [0.4, 0.5) is 10.1 Å². The van der Waals surface area contributed by atoms with Crippen LogP contribution in [0, 0.1) is 46.2 Å². The Labute approximate surface area is 485 Å². The molecule has 5 aliphatic heterocycles. The Hall–Kier alpha value is -5.50. The molecule has 82 heavy (non-hydrogen) atoms. The molecule has 4 saturated heterocycles. The maximum atomic E-state index is 17.2. The number of ether oxygens (including phenoxy) is 2. The SMILES string of the molecule is CCc1c(-c2cc(N3CCN(C4CC4)CC3)cnc2[C@H](C)OC)n2c3cc(c(F)cc13)-c1csc(n1)C[C@H](NC(=O)[C@H](C1CCCC1)N1CC[C@]3(CCN(C(=O)[C@@H]4C(C)[C@@H]4C4CC4)C3)C1=O)C(=O)N1CCC[C@H](N1)C(=O)OCC(C)(C)C2. The fourth-order valence-corrected chi connectivity index (χ4v) is 16.4. The van der Waals surface area contributed by atoms with E-state index in [1.165, 1.54) is 42.0 Å². The fourth-order valence-electron chi connectivity index (χ4n) is 15.5. The van der Waals surface area contributed by atoms with Gasteiger partial charge in [0.1, 0.15) is 23.9 Å². The van der Waals surface area contributed by atoms with Crippen molar-refractivity contribution >= 4 is 57.5 Å². The summed E-state index contributed by atoms with van der Waals surface area (Å²) < 4.78 is 31.7. The lowest BCUT2D eigenvalue weighted by atomic mass is 9.85. The molecule has 8 fully saturated rings. The van der Waals surface area contributed by atoms with E-state index in [1.807, 2.05) is 29.5 Å². The zero-order chi connectivity index (χ0) is 56.9. The van der Waals surface area contributed by atoms with Crippen LogP contribution >= 0.6 is 11.3 Å². The van der Waals surface area contributed by atoms with Crippen molar-refractivity contribution in [2.75, 3.05) is 71.0 Å². The van der Waals surface area contributed by atoms with Gasteiger partial charge in [-0.3, -0.25) is 38.9 Å². The first kappa shape index (κ1) is 55.7. The number of thiazole rings is 1. The van der Waals surface area contributed by atoms with E-state index < -0.39 is 52.6 Å². The number of hydrogen-bond acceptors (Lipinski definition) is 13. The summed E-state index contributed by atoms with van der Waals surface area (Å²) in [6.45, 7) is 16.3. The summed E-state index contributed by atoms with van der Waals surface area (Å²) in [7, 11) is 1.69. The minimum absolute atomic E-state index is 0.00565. The molecule has 1 unspecified atom stereocenters. The zero-order valence-corrected chi connectivity index (χ0v) is 49.7. The Kier molecular flexibility index (Phi) is 14.8. The molecule has 4 aromatic rings. The van der Waals surface area contributed by atoms with Crippen LogP contribution < -0.4 is 15.6 Å². The number of nitrogens with one attached hydrogen (secondary N) is 2. The number of rotatable bonds is 12. The number of pyridine rings is 1. The second-order valence-corrected chi connectivity index (χ2v) is 27.6. The third-order valence-corrected chi connectivity index (χ3v) is 21.4. The molecule has 3 aromatic heterocycles. The predicted molar refractivity (Wildman–Crippen MR) is 311 cm³/mol. The van der Waals surface area contributed by atoms with E-state index in [-0.39, 0.29) is 42.8 Å². The van der Waals surface area contributed by atoms with Gasteiger partial charge >= 0.3 is 5.97 Å². The van der Waals surface area contributed by atoms with Crippen molar-refractivity contribution in [1.82, 2.24) is 45.0 Å². The number of carbonyl (C=O) groups excluding carboxylic acids is 5. The van der Waals surface area contributed by atoms with Crippen molar-refractivity contribution in [3.63, 3.8) is 0 Å². The maximum Gasteiger partial charge on any atom is 0.324 e. The van der Waals surface area contributed by atoms with Crippen LogP contribution in [0.1, 0.15) is 134 Å². The van der Waals surface area contributed by atoms with Gasteiger partial charge in [-0.15, -0.1) is 11.3 Å². The molecule has 17 nitrogen and oxygen atoms in total. The van der Waals surface area contributed by atoms with E-state index in [0.29, 0.717) is 105 Å². The lowest BCUT2D eigenvalue weighted by molar-refractivity contribution is -0.155. The van der Waals surface area contributed by atoms with Crippen LogP contribution in [0.3, 0.4) is 0 Å². The summed E-state index contributed by atoms with van der Waals surface area (Å²) in [6, 6.07) is 3.68. The van der Waals surface area contributed by atoms with Crippen molar-refractivity contribution < 1.29 is 37.8 Å². The van der Waals surface area contributed by atoms with E-state index in [9.17, 15) is 14.4 Å². The van der Waals surface area contributed by atoms with E-state index in [2.05, 4.69) is 58.9 Å². The topological polar surface area (TPSA) is 175 Å². The first-order valence-electron chi connectivity index (χ1n) is 31.0. The molecule has 9 aliphatic rings. The molecule has 19 heteroatoms. The fraction of sp³-hybridized carbons (Fsp3) is 0.667. The minimum Gasteiger partial charge on any atom is -0.464 e. The van der Waals surface area contributed by atoms with Crippen LogP contribution in [-0.4, -0.2) is 154 Å². The van der Waals surface area contributed by atoms with Gasteiger partial charge in [0.15, 0.2) is 0 Å². The Morgan fingerprint density at radius 3 is 2.44 bits per heavy atom. The van der Waals surface area contributed by atoms with E-state index in [0.717, 1.165) is 91.0 Å². The quantitative estimate of drug-likeness (QED) is 0.131. The highest BCUT2D eigenvalue weighted by atomic mass is 32.1. The van der Waals surface area contributed by atoms with Gasteiger partial charge in [-0.25, -0.2) is 14.8 Å². The summed E-state index contributed by atoms with van der Waals surface area (Å²) >= 11 is 1.30. The number of cyclic esters (lactones) is 1. The molecule has 13 rings (SSSR count). The lowest BCUT2D eigenvalue weighted by Crippen LogP contribution is -2.62. The van der Waals surface area contributed by atoms with Crippen molar-refractivity contribution in [1.29, 1.82) is 0 Å². The maximum absolute atomic E-state index is 17.2. The minimum atomic E-state index is -1.14. The number of benzene rings is 1. The van der Waals surface area contributed by atoms with Crippen LogP contribution in [0.15, 0.2) is 29.8 Å². The third kappa shape index (κ3) is 10.3. The van der Waals surface area contributed by atoms with Crippen LogP contribution in [0.2, 0.25) is 0 Å². The van der Waals surface area contributed by atoms with Crippen molar-refractivity contribution in [3.8, 4) is 22.5 Å². The van der Waals surface area contributed by atoms with E-state index in [1.54, 1.807) is 18.1 Å². The third-order valence-electron chi connectivity index (χ3n) is 20.6. The van der Waals surface area contributed by atoms with Crippen LogP contribution in [-0.2, 0) is 52.8 Å². The van der Waals surface area contributed by atoms with Gasteiger partial charge in [0, 0.05) is 117 Å². The van der Waals surface area contributed by atoms with Crippen molar-refractivity contribution in [2.45, 2.75) is 161 Å². The standard InChI is InChI=1S/C63H83FN10O7S/c1-7-42-43-28-46(64)44-29-50(43)73(56(42)45-27-41(31-65-54(45)37(3)80-6)70-25-23-69(24-26-70)40-16-17-40)33-62(4,5)35-81-60(78)47-13-10-20-74(68-47)58(76)48(30-51-66-49(44)32-82-51)67-57(75)55(39-11-8-9-12-39)72-22-19-63(61(72)79)18-21-71(34-63)59(77)53-36(2)52(53)38-14-15-38/h27-29,31-32,36-40,47-48,52-53,55,68H,7-26,30,33-35H2,1-6H3,(H,67,75)/t36?,37-,47-,48-,52+,53+,55-,63-/m0/s1. The summed E-state index contributed by atoms with van der Waals surface area (Å²) in [4.78, 5) is 92.5. The number of aromatic nitrogens is 3. The van der Waals surface area contributed by atoms with Crippen molar-refractivity contribution in [3.05, 3.63) is 51.9 Å². The normalized spacial score (nSPS) is 29.0. The molecule has 1 aromatic carbocycles. The smallest absolute Gasteiger partial charge is 0.324 e.